The van der Waals surface area contributed by atoms with Gasteiger partial charge in [-0.1, -0.05) is 25.4 Å². The fraction of sp³-hybridized carbons (Fsp3) is 0.500. The lowest BCUT2D eigenvalue weighted by molar-refractivity contribution is 0.0700. The summed E-state index contributed by atoms with van der Waals surface area (Å²) in [6.45, 7) is 7.52. The molecule has 0 bridgehead atoms. The van der Waals surface area contributed by atoms with Gasteiger partial charge in [0.25, 0.3) is 5.91 Å². The highest BCUT2D eigenvalue weighted by atomic mass is 35.5. The second-order valence-corrected chi connectivity index (χ2v) is 5.76. The van der Waals surface area contributed by atoms with Crippen molar-refractivity contribution in [2.24, 2.45) is 11.1 Å². The van der Waals surface area contributed by atoms with Crippen molar-refractivity contribution in [3.05, 3.63) is 28.8 Å². The van der Waals surface area contributed by atoms with Crippen molar-refractivity contribution in [3.8, 4) is 5.75 Å². The first-order chi connectivity index (χ1) is 8.80. The molecule has 1 aromatic carbocycles. The van der Waals surface area contributed by atoms with E-state index < -0.39 is 0 Å². The highest BCUT2D eigenvalue weighted by Crippen LogP contribution is 2.24. The molecule has 0 aliphatic heterocycles. The maximum Gasteiger partial charge on any atom is 0.255 e. The average molecular weight is 285 g/mol. The lowest BCUT2D eigenvalue weighted by Crippen LogP contribution is -2.42. The van der Waals surface area contributed by atoms with Crippen LogP contribution >= 0.6 is 11.6 Å². The lowest BCUT2D eigenvalue weighted by atomic mass is 9.93. The predicted molar refractivity (Wildman–Crippen MR) is 77.5 cm³/mol. The molecule has 0 spiro atoms. The van der Waals surface area contributed by atoms with Crippen LogP contribution in [0.5, 0.6) is 5.75 Å². The van der Waals surface area contributed by atoms with E-state index in [9.17, 15) is 9.90 Å². The summed E-state index contributed by atoms with van der Waals surface area (Å²) < 4.78 is 0. The number of hydrogen-bond acceptors (Lipinski definition) is 3. The van der Waals surface area contributed by atoms with E-state index in [-0.39, 0.29) is 17.1 Å². The molecule has 0 radical (unpaired) electrons. The van der Waals surface area contributed by atoms with Crippen LogP contribution in [0.3, 0.4) is 0 Å². The van der Waals surface area contributed by atoms with Crippen LogP contribution in [0.4, 0.5) is 0 Å². The molecule has 0 aliphatic rings. The molecule has 4 nitrogen and oxygen atoms in total. The summed E-state index contributed by atoms with van der Waals surface area (Å²) in [4.78, 5) is 14.1. The third-order valence-electron chi connectivity index (χ3n) is 3.02. The first kappa shape index (κ1) is 15.8. The SMILES string of the molecule is CCN(CC(C)(C)CN)C(=O)c1cc(O)ccc1Cl. The number of rotatable bonds is 5. The van der Waals surface area contributed by atoms with Crippen LogP contribution < -0.4 is 5.73 Å². The van der Waals surface area contributed by atoms with E-state index in [0.29, 0.717) is 30.2 Å². The molecule has 3 N–H and O–H groups in total. The predicted octanol–water partition coefficient (Wildman–Crippen LogP) is 2.49. The minimum Gasteiger partial charge on any atom is -0.508 e. The molecular weight excluding hydrogens is 264 g/mol. The standard InChI is InChI=1S/C14H21ClN2O2/c1-4-17(9-14(2,3)8-16)13(19)11-7-10(18)5-6-12(11)15/h5-7,18H,4,8-9,16H2,1-3H3. The van der Waals surface area contributed by atoms with E-state index in [0.717, 1.165) is 0 Å². The number of nitrogens with two attached hydrogens (primary N) is 1. The molecule has 1 amide bonds. The van der Waals surface area contributed by atoms with Gasteiger partial charge in [0.15, 0.2) is 0 Å². The molecule has 0 aliphatic carbocycles. The summed E-state index contributed by atoms with van der Waals surface area (Å²) in [5.74, 6) is -0.160. The molecule has 0 heterocycles. The Morgan fingerprint density at radius 3 is 2.63 bits per heavy atom. The molecule has 0 saturated heterocycles. The summed E-state index contributed by atoms with van der Waals surface area (Å²) in [5.41, 5.74) is 5.86. The van der Waals surface area contributed by atoms with Crippen molar-refractivity contribution in [2.75, 3.05) is 19.6 Å². The average Bonchev–Trinajstić information content (AvgIpc) is 2.38. The smallest absolute Gasteiger partial charge is 0.255 e. The molecule has 1 aromatic rings. The highest BCUT2D eigenvalue weighted by Gasteiger charge is 2.24. The maximum atomic E-state index is 12.4. The van der Waals surface area contributed by atoms with Crippen LogP contribution in [-0.4, -0.2) is 35.5 Å². The van der Waals surface area contributed by atoms with Crippen LogP contribution in [-0.2, 0) is 0 Å². The van der Waals surface area contributed by atoms with Crippen LogP contribution in [0.15, 0.2) is 18.2 Å². The number of phenolic OH excluding ortho intramolecular Hbond substituents is 1. The summed E-state index contributed by atoms with van der Waals surface area (Å²) in [5, 5.41) is 9.81. The number of hydrogen-bond donors (Lipinski definition) is 2. The number of aromatic hydroxyl groups is 1. The zero-order valence-electron chi connectivity index (χ0n) is 11.6. The van der Waals surface area contributed by atoms with Gasteiger partial charge in [0.1, 0.15) is 5.75 Å². The van der Waals surface area contributed by atoms with Gasteiger partial charge >= 0.3 is 0 Å². The van der Waals surface area contributed by atoms with E-state index in [1.54, 1.807) is 4.90 Å². The van der Waals surface area contributed by atoms with Gasteiger partial charge in [-0.3, -0.25) is 4.79 Å². The molecule has 0 aromatic heterocycles. The molecule has 19 heavy (non-hydrogen) atoms. The van der Waals surface area contributed by atoms with Gasteiger partial charge in [-0.25, -0.2) is 0 Å². The van der Waals surface area contributed by atoms with E-state index in [4.69, 9.17) is 17.3 Å². The first-order valence-corrected chi connectivity index (χ1v) is 6.66. The maximum absolute atomic E-state index is 12.4. The van der Waals surface area contributed by atoms with Crippen molar-refractivity contribution in [1.82, 2.24) is 4.90 Å². The summed E-state index contributed by atoms with van der Waals surface area (Å²) >= 11 is 6.01. The van der Waals surface area contributed by atoms with Gasteiger partial charge in [-0.05, 0) is 37.1 Å². The largest absolute Gasteiger partial charge is 0.508 e. The quantitative estimate of drug-likeness (QED) is 0.873. The zero-order chi connectivity index (χ0) is 14.6. The van der Waals surface area contributed by atoms with Crippen LogP contribution in [0.2, 0.25) is 5.02 Å². The second-order valence-electron chi connectivity index (χ2n) is 5.35. The van der Waals surface area contributed by atoms with Crippen molar-refractivity contribution in [3.63, 3.8) is 0 Å². The van der Waals surface area contributed by atoms with Gasteiger partial charge in [0.2, 0.25) is 0 Å². The minimum absolute atomic E-state index is 0.0295. The molecule has 0 unspecified atom stereocenters. The third kappa shape index (κ3) is 4.11. The zero-order valence-corrected chi connectivity index (χ0v) is 12.4. The van der Waals surface area contributed by atoms with Gasteiger partial charge in [-0.15, -0.1) is 0 Å². The molecule has 106 valence electrons. The van der Waals surface area contributed by atoms with E-state index in [1.807, 2.05) is 20.8 Å². The lowest BCUT2D eigenvalue weighted by Gasteiger charge is -2.31. The summed E-state index contributed by atoms with van der Waals surface area (Å²) in [6.07, 6.45) is 0. The number of benzene rings is 1. The van der Waals surface area contributed by atoms with E-state index >= 15 is 0 Å². The number of nitrogens with zero attached hydrogens (tertiary/aromatic N) is 1. The number of halogens is 1. The van der Waals surface area contributed by atoms with Gasteiger partial charge < -0.3 is 15.7 Å². The Balaban J connectivity index is 2.99. The molecule has 0 fully saturated rings. The van der Waals surface area contributed by atoms with Crippen LogP contribution in [0.25, 0.3) is 0 Å². The van der Waals surface area contributed by atoms with Crippen LogP contribution in [0, 0.1) is 5.41 Å². The minimum atomic E-state index is -0.190. The van der Waals surface area contributed by atoms with Crippen LogP contribution in [0.1, 0.15) is 31.1 Å². The van der Waals surface area contributed by atoms with Crippen molar-refractivity contribution >= 4 is 17.5 Å². The molecule has 1 rings (SSSR count). The summed E-state index contributed by atoms with van der Waals surface area (Å²) in [7, 11) is 0. The summed E-state index contributed by atoms with van der Waals surface area (Å²) in [6, 6.07) is 4.37. The van der Waals surface area contributed by atoms with Crippen molar-refractivity contribution < 1.29 is 9.90 Å². The molecular formula is C14H21ClN2O2. The fourth-order valence-electron chi connectivity index (χ4n) is 1.76. The Bertz CT molecular complexity index is 461. The Labute approximate surface area is 119 Å². The second kappa shape index (κ2) is 6.26. The Morgan fingerprint density at radius 1 is 1.47 bits per heavy atom. The monoisotopic (exact) mass is 284 g/mol. The Kier molecular flexibility index (Phi) is 5.20. The van der Waals surface area contributed by atoms with Gasteiger partial charge in [-0.2, -0.15) is 0 Å². The van der Waals surface area contributed by atoms with Crippen molar-refractivity contribution in [2.45, 2.75) is 20.8 Å². The van der Waals surface area contributed by atoms with E-state index in [2.05, 4.69) is 0 Å². The van der Waals surface area contributed by atoms with Gasteiger partial charge in [0, 0.05) is 13.1 Å². The van der Waals surface area contributed by atoms with Gasteiger partial charge in [0.05, 0.1) is 10.6 Å². The third-order valence-corrected chi connectivity index (χ3v) is 3.35. The molecule has 0 saturated carbocycles. The fourth-order valence-corrected chi connectivity index (χ4v) is 1.95. The highest BCUT2D eigenvalue weighted by molar-refractivity contribution is 6.33. The number of phenols is 1. The number of amides is 1. The topological polar surface area (TPSA) is 66.6 Å². The Morgan fingerprint density at radius 2 is 2.11 bits per heavy atom. The van der Waals surface area contributed by atoms with Crippen molar-refractivity contribution in [1.29, 1.82) is 0 Å². The molecule has 5 heteroatoms. The number of carbonyl (C=O) groups excluding carboxylic acids is 1. The normalized spacial score (nSPS) is 11.4. The van der Waals surface area contributed by atoms with E-state index in [1.165, 1.54) is 18.2 Å². The Hall–Kier alpha value is -1.26. The number of carbonyl (C=O) groups is 1. The first-order valence-electron chi connectivity index (χ1n) is 6.28. The molecule has 0 atom stereocenters.